The predicted octanol–water partition coefficient (Wildman–Crippen LogP) is 1.44. The first-order chi connectivity index (χ1) is 8.76. The van der Waals surface area contributed by atoms with E-state index in [9.17, 15) is 10.2 Å². The van der Waals surface area contributed by atoms with Crippen LogP contribution in [0, 0.1) is 11.8 Å². The lowest BCUT2D eigenvalue weighted by atomic mass is 9.98. The predicted molar refractivity (Wildman–Crippen MR) is 74.7 cm³/mol. The molecule has 0 saturated carbocycles. The molecule has 1 aromatic carbocycles. The van der Waals surface area contributed by atoms with Crippen LogP contribution in [0.2, 0.25) is 0 Å². The molecule has 0 aliphatic carbocycles. The number of hydrogen-bond donors (Lipinski definition) is 2. The van der Waals surface area contributed by atoms with Gasteiger partial charge in [0.15, 0.2) is 0 Å². The maximum absolute atomic E-state index is 9.28. The van der Waals surface area contributed by atoms with E-state index in [1.54, 1.807) is 11.8 Å². The second kappa shape index (κ2) is 6.57. The molecule has 0 radical (unpaired) electrons. The van der Waals surface area contributed by atoms with E-state index in [2.05, 4.69) is 35.4 Å². The minimum Gasteiger partial charge on any atom is -0.396 e. The molecule has 2 rings (SSSR count). The van der Waals surface area contributed by atoms with Crippen LogP contribution in [-0.2, 0) is 6.54 Å². The lowest BCUT2D eigenvalue weighted by Gasteiger charge is -2.15. The molecular formula is C14H21NO2S. The first-order valence-electron chi connectivity index (χ1n) is 6.33. The van der Waals surface area contributed by atoms with Crippen LogP contribution in [-0.4, -0.2) is 47.7 Å². The summed E-state index contributed by atoms with van der Waals surface area (Å²) < 4.78 is 0. The van der Waals surface area contributed by atoms with Crippen LogP contribution in [0.5, 0.6) is 0 Å². The van der Waals surface area contributed by atoms with Gasteiger partial charge in [-0.1, -0.05) is 12.1 Å². The molecule has 4 heteroatoms. The van der Waals surface area contributed by atoms with Gasteiger partial charge < -0.3 is 10.2 Å². The average molecular weight is 267 g/mol. The summed E-state index contributed by atoms with van der Waals surface area (Å²) in [6.45, 7) is 3.01. The Morgan fingerprint density at radius 1 is 1.11 bits per heavy atom. The van der Waals surface area contributed by atoms with E-state index in [4.69, 9.17) is 0 Å². The minimum absolute atomic E-state index is 0.174. The Labute approximate surface area is 113 Å². The lowest BCUT2D eigenvalue weighted by molar-refractivity contribution is 0.152. The molecule has 1 aliphatic heterocycles. The standard InChI is InChI=1S/C14H21NO2S/c1-18-14-4-2-11(3-5-14)6-15-7-12(9-16)13(8-15)10-17/h2-5,12-13,16-17H,6-10H2,1H3/t12-,13-/m0/s1. The summed E-state index contributed by atoms with van der Waals surface area (Å²) in [5.74, 6) is 0.445. The van der Waals surface area contributed by atoms with Crippen molar-refractivity contribution in [3.05, 3.63) is 29.8 Å². The number of nitrogens with zero attached hydrogens (tertiary/aromatic N) is 1. The largest absolute Gasteiger partial charge is 0.396 e. The molecule has 3 nitrogen and oxygen atoms in total. The maximum atomic E-state index is 9.28. The smallest absolute Gasteiger partial charge is 0.0475 e. The van der Waals surface area contributed by atoms with Crippen LogP contribution in [0.25, 0.3) is 0 Å². The summed E-state index contributed by atoms with van der Waals surface area (Å²) in [4.78, 5) is 3.59. The van der Waals surface area contributed by atoms with E-state index in [1.807, 2.05) is 0 Å². The Bertz CT molecular complexity index is 357. The molecule has 0 unspecified atom stereocenters. The highest BCUT2D eigenvalue weighted by Gasteiger charge is 2.31. The normalized spacial score (nSPS) is 24.6. The number of likely N-dealkylation sites (tertiary alicyclic amines) is 1. The first kappa shape index (κ1) is 13.9. The number of thioether (sulfide) groups is 1. The van der Waals surface area contributed by atoms with Gasteiger partial charge >= 0.3 is 0 Å². The third-order valence-electron chi connectivity index (χ3n) is 3.69. The van der Waals surface area contributed by atoms with E-state index in [1.165, 1.54) is 10.5 Å². The lowest BCUT2D eigenvalue weighted by Crippen LogP contribution is -2.21. The van der Waals surface area contributed by atoms with Crippen molar-refractivity contribution in [3.63, 3.8) is 0 Å². The van der Waals surface area contributed by atoms with Crippen molar-refractivity contribution in [1.82, 2.24) is 4.90 Å². The fraction of sp³-hybridized carbons (Fsp3) is 0.571. The van der Waals surface area contributed by atoms with Crippen LogP contribution in [0.15, 0.2) is 29.2 Å². The van der Waals surface area contributed by atoms with Crippen LogP contribution in [0.1, 0.15) is 5.56 Å². The van der Waals surface area contributed by atoms with Crippen LogP contribution >= 0.6 is 11.8 Å². The van der Waals surface area contributed by atoms with Crippen molar-refractivity contribution in [2.45, 2.75) is 11.4 Å². The van der Waals surface area contributed by atoms with Gasteiger partial charge in [0.1, 0.15) is 0 Å². The molecule has 18 heavy (non-hydrogen) atoms. The summed E-state index contributed by atoms with van der Waals surface area (Å²) in [5, 5.41) is 18.6. The summed E-state index contributed by atoms with van der Waals surface area (Å²) in [6, 6.07) is 8.60. The molecule has 100 valence electrons. The molecule has 0 spiro atoms. The molecule has 1 saturated heterocycles. The Balaban J connectivity index is 1.93. The fourth-order valence-corrected chi connectivity index (χ4v) is 2.98. The number of benzene rings is 1. The average Bonchev–Trinajstić information content (AvgIpc) is 2.81. The van der Waals surface area contributed by atoms with Gasteiger partial charge in [-0.25, -0.2) is 0 Å². The van der Waals surface area contributed by atoms with E-state index in [0.29, 0.717) is 0 Å². The van der Waals surface area contributed by atoms with Gasteiger partial charge in [0, 0.05) is 49.6 Å². The molecular weight excluding hydrogens is 246 g/mol. The molecule has 1 aromatic rings. The maximum Gasteiger partial charge on any atom is 0.0475 e. The van der Waals surface area contributed by atoms with Crippen molar-refractivity contribution in [2.24, 2.45) is 11.8 Å². The van der Waals surface area contributed by atoms with Gasteiger partial charge in [-0.3, -0.25) is 4.90 Å². The second-order valence-electron chi connectivity index (χ2n) is 4.93. The SMILES string of the molecule is CSc1ccc(CN2C[C@@H](CO)[C@H](CO)C2)cc1. The van der Waals surface area contributed by atoms with Crippen LogP contribution < -0.4 is 0 Å². The Hall–Kier alpha value is -0.550. The highest BCUT2D eigenvalue weighted by atomic mass is 32.2. The number of rotatable bonds is 5. The summed E-state index contributed by atoms with van der Waals surface area (Å²) in [5.41, 5.74) is 1.29. The van der Waals surface area contributed by atoms with Gasteiger partial charge in [-0.15, -0.1) is 11.8 Å². The molecule has 1 aliphatic rings. The molecule has 1 heterocycles. The minimum atomic E-state index is 0.174. The van der Waals surface area contributed by atoms with Gasteiger partial charge in [0.2, 0.25) is 0 Å². The topological polar surface area (TPSA) is 43.7 Å². The summed E-state index contributed by atoms with van der Waals surface area (Å²) in [7, 11) is 0. The van der Waals surface area contributed by atoms with Crippen molar-refractivity contribution < 1.29 is 10.2 Å². The zero-order valence-electron chi connectivity index (χ0n) is 10.7. The van der Waals surface area contributed by atoms with Gasteiger partial charge in [0.25, 0.3) is 0 Å². The Kier molecular flexibility index (Phi) is 5.06. The molecule has 0 amide bonds. The number of aliphatic hydroxyl groups is 2. The molecule has 2 N–H and O–H groups in total. The van der Waals surface area contributed by atoms with Crippen molar-refractivity contribution in [1.29, 1.82) is 0 Å². The van der Waals surface area contributed by atoms with Gasteiger partial charge in [0.05, 0.1) is 0 Å². The monoisotopic (exact) mass is 267 g/mol. The highest BCUT2D eigenvalue weighted by Crippen LogP contribution is 2.24. The quantitative estimate of drug-likeness (QED) is 0.792. The fourth-order valence-electron chi connectivity index (χ4n) is 2.57. The van der Waals surface area contributed by atoms with E-state index in [0.717, 1.165) is 19.6 Å². The number of hydrogen-bond acceptors (Lipinski definition) is 4. The van der Waals surface area contributed by atoms with Crippen LogP contribution in [0.3, 0.4) is 0 Å². The van der Waals surface area contributed by atoms with Gasteiger partial charge in [-0.2, -0.15) is 0 Å². The molecule has 2 atom stereocenters. The van der Waals surface area contributed by atoms with Crippen molar-refractivity contribution in [3.8, 4) is 0 Å². The van der Waals surface area contributed by atoms with E-state index >= 15 is 0 Å². The molecule has 0 bridgehead atoms. The van der Waals surface area contributed by atoms with E-state index in [-0.39, 0.29) is 25.0 Å². The second-order valence-corrected chi connectivity index (χ2v) is 5.81. The van der Waals surface area contributed by atoms with Gasteiger partial charge in [-0.05, 0) is 24.0 Å². The van der Waals surface area contributed by atoms with E-state index < -0.39 is 0 Å². The summed E-state index contributed by atoms with van der Waals surface area (Å²) >= 11 is 1.75. The summed E-state index contributed by atoms with van der Waals surface area (Å²) in [6.07, 6.45) is 2.08. The zero-order valence-corrected chi connectivity index (χ0v) is 11.6. The van der Waals surface area contributed by atoms with Crippen molar-refractivity contribution in [2.75, 3.05) is 32.6 Å². The number of aliphatic hydroxyl groups excluding tert-OH is 2. The molecule has 1 fully saturated rings. The molecule has 0 aromatic heterocycles. The Morgan fingerprint density at radius 2 is 1.67 bits per heavy atom. The first-order valence-corrected chi connectivity index (χ1v) is 7.56. The third-order valence-corrected chi connectivity index (χ3v) is 4.43. The Morgan fingerprint density at radius 3 is 2.11 bits per heavy atom. The van der Waals surface area contributed by atoms with Crippen LogP contribution in [0.4, 0.5) is 0 Å². The third kappa shape index (κ3) is 3.26. The zero-order chi connectivity index (χ0) is 13.0. The van der Waals surface area contributed by atoms with Crippen molar-refractivity contribution >= 4 is 11.8 Å². The highest BCUT2D eigenvalue weighted by molar-refractivity contribution is 7.98.